The number of hydrogen-bond donors (Lipinski definition) is 2. The summed E-state index contributed by atoms with van der Waals surface area (Å²) in [6.07, 6.45) is 3.04. The Kier molecular flexibility index (Phi) is 6.79. The number of benzene rings is 1. The monoisotopic (exact) mass is 411 g/mol. The second-order valence-electron chi connectivity index (χ2n) is 7.62. The number of nitrogens with one attached hydrogen (secondary N) is 2. The van der Waals surface area contributed by atoms with Crippen molar-refractivity contribution in [3.05, 3.63) is 54.0 Å². The number of carbonyl (C=O) groups excluding carboxylic acids is 1. The van der Waals surface area contributed by atoms with Crippen LogP contribution in [-0.4, -0.2) is 25.9 Å². The number of rotatable bonds is 7. The number of fused-ring (bicyclic) bond motifs is 1. The highest BCUT2D eigenvalue weighted by atomic mass is 32.2. The van der Waals surface area contributed by atoms with Crippen LogP contribution in [0.15, 0.2) is 47.5 Å². The molecule has 0 saturated carbocycles. The van der Waals surface area contributed by atoms with E-state index in [0.29, 0.717) is 5.25 Å². The highest BCUT2D eigenvalue weighted by molar-refractivity contribution is 7.99. The third kappa shape index (κ3) is 5.09. The number of nitrogens with zero attached hydrogens (tertiary/aromatic N) is 3. The summed E-state index contributed by atoms with van der Waals surface area (Å²) in [6, 6.07) is 11.4. The van der Waals surface area contributed by atoms with Crippen LogP contribution in [0.3, 0.4) is 0 Å². The number of aryl methyl sites for hydroxylation is 1. The van der Waals surface area contributed by atoms with Gasteiger partial charge in [-0.25, -0.2) is 4.79 Å². The molecule has 3 rings (SSSR count). The van der Waals surface area contributed by atoms with E-state index < -0.39 is 0 Å². The van der Waals surface area contributed by atoms with Crippen LogP contribution in [0.25, 0.3) is 5.65 Å². The zero-order valence-corrected chi connectivity index (χ0v) is 18.5. The third-order valence-corrected chi connectivity index (χ3v) is 6.19. The SMILES string of the molecule is CCC(C)Sc1ccc(NC(=O)NC(c2nnc3ccccn23)C(C)C)c(C)c1. The minimum Gasteiger partial charge on any atom is -0.328 e. The van der Waals surface area contributed by atoms with Gasteiger partial charge in [-0.2, -0.15) is 0 Å². The fourth-order valence-corrected chi connectivity index (χ4v) is 4.09. The van der Waals surface area contributed by atoms with E-state index in [2.05, 4.69) is 60.7 Å². The molecule has 0 aliphatic rings. The van der Waals surface area contributed by atoms with Gasteiger partial charge in [0.25, 0.3) is 0 Å². The van der Waals surface area contributed by atoms with E-state index in [1.54, 1.807) is 0 Å². The lowest BCUT2D eigenvalue weighted by molar-refractivity contribution is 0.243. The molecule has 29 heavy (non-hydrogen) atoms. The summed E-state index contributed by atoms with van der Waals surface area (Å²) in [5.74, 6) is 0.881. The van der Waals surface area contributed by atoms with Crippen LogP contribution in [0.2, 0.25) is 0 Å². The van der Waals surface area contributed by atoms with Crippen molar-refractivity contribution in [2.75, 3.05) is 5.32 Å². The number of aromatic nitrogens is 3. The smallest absolute Gasteiger partial charge is 0.319 e. The maximum absolute atomic E-state index is 12.7. The molecule has 0 spiro atoms. The van der Waals surface area contributed by atoms with Crippen molar-refractivity contribution in [1.82, 2.24) is 19.9 Å². The number of anilines is 1. The number of thioether (sulfide) groups is 1. The first-order valence-electron chi connectivity index (χ1n) is 10.0. The fourth-order valence-electron chi connectivity index (χ4n) is 3.07. The Labute approximate surface area is 176 Å². The topological polar surface area (TPSA) is 71.3 Å². The van der Waals surface area contributed by atoms with Crippen LogP contribution in [0.4, 0.5) is 10.5 Å². The Balaban J connectivity index is 1.73. The Morgan fingerprint density at radius 2 is 1.97 bits per heavy atom. The van der Waals surface area contributed by atoms with Crippen molar-refractivity contribution in [3.8, 4) is 0 Å². The molecule has 2 heterocycles. The van der Waals surface area contributed by atoms with E-state index in [9.17, 15) is 4.79 Å². The van der Waals surface area contributed by atoms with Gasteiger partial charge in [-0.15, -0.1) is 22.0 Å². The van der Waals surface area contributed by atoms with Gasteiger partial charge in [-0.3, -0.25) is 4.40 Å². The molecule has 2 unspecified atom stereocenters. The average Bonchev–Trinajstić information content (AvgIpc) is 3.11. The zero-order valence-electron chi connectivity index (χ0n) is 17.6. The Morgan fingerprint density at radius 1 is 1.17 bits per heavy atom. The van der Waals surface area contributed by atoms with Crippen molar-refractivity contribution in [2.45, 2.75) is 57.2 Å². The molecule has 0 fully saturated rings. The molecule has 7 heteroatoms. The van der Waals surface area contributed by atoms with Gasteiger partial charge in [-0.05, 0) is 55.2 Å². The van der Waals surface area contributed by atoms with Crippen LogP contribution >= 0.6 is 11.8 Å². The van der Waals surface area contributed by atoms with E-state index in [0.717, 1.165) is 29.1 Å². The van der Waals surface area contributed by atoms with Gasteiger partial charge in [0.1, 0.15) is 0 Å². The first kappa shape index (κ1) is 21.2. The summed E-state index contributed by atoms with van der Waals surface area (Å²) < 4.78 is 1.91. The fraction of sp³-hybridized carbons (Fsp3) is 0.409. The summed E-state index contributed by atoms with van der Waals surface area (Å²) >= 11 is 1.85. The summed E-state index contributed by atoms with van der Waals surface area (Å²) in [6.45, 7) is 10.5. The van der Waals surface area contributed by atoms with Gasteiger partial charge >= 0.3 is 6.03 Å². The second-order valence-corrected chi connectivity index (χ2v) is 9.13. The second kappa shape index (κ2) is 9.31. The van der Waals surface area contributed by atoms with Gasteiger partial charge in [0.05, 0.1) is 6.04 Å². The molecule has 3 aromatic rings. The van der Waals surface area contributed by atoms with Crippen LogP contribution in [0.5, 0.6) is 0 Å². The number of amides is 2. The van der Waals surface area contributed by atoms with Crippen molar-refractivity contribution in [2.24, 2.45) is 5.92 Å². The number of pyridine rings is 1. The summed E-state index contributed by atoms with van der Waals surface area (Å²) in [4.78, 5) is 14.0. The summed E-state index contributed by atoms with van der Waals surface area (Å²) in [5, 5.41) is 15.1. The van der Waals surface area contributed by atoms with E-state index in [1.165, 1.54) is 4.90 Å². The van der Waals surface area contributed by atoms with Crippen LogP contribution < -0.4 is 10.6 Å². The maximum atomic E-state index is 12.7. The third-order valence-electron chi connectivity index (χ3n) is 4.93. The van der Waals surface area contributed by atoms with Crippen molar-refractivity contribution in [3.63, 3.8) is 0 Å². The number of urea groups is 1. The molecule has 0 aliphatic heterocycles. The van der Waals surface area contributed by atoms with Gasteiger partial charge in [0, 0.05) is 22.0 Å². The molecule has 2 aromatic heterocycles. The van der Waals surface area contributed by atoms with E-state index in [1.807, 2.05) is 53.5 Å². The molecule has 0 saturated heterocycles. The molecule has 2 amide bonds. The van der Waals surface area contributed by atoms with Crippen molar-refractivity contribution >= 4 is 29.1 Å². The summed E-state index contributed by atoms with van der Waals surface area (Å²) in [7, 11) is 0. The van der Waals surface area contributed by atoms with Crippen LogP contribution in [0, 0.1) is 12.8 Å². The molecule has 154 valence electrons. The molecular formula is C22H29N5OS. The van der Waals surface area contributed by atoms with Crippen LogP contribution in [-0.2, 0) is 0 Å². The molecule has 6 nitrogen and oxygen atoms in total. The normalized spacial score (nSPS) is 13.4. The van der Waals surface area contributed by atoms with Crippen LogP contribution in [0.1, 0.15) is 51.5 Å². The molecule has 0 radical (unpaired) electrons. The quantitative estimate of drug-likeness (QED) is 0.507. The lowest BCUT2D eigenvalue weighted by atomic mass is 10.0. The minimum absolute atomic E-state index is 0.156. The maximum Gasteiger partial charge on any atom is 0.319 e. The predicted octanol–water partition coefficient (Wildman–Crippen LogP) is 5.45. The molecule has 2 N–H and O–H groups in total. The molecule has 0 bridgehead atoms. The van der Waals surface area contributed by atoms with Gasteiger partial charge < -0.3 is 10.6 Å². The zero-order chi connectivity index (χ0) is 21.0. The Bertz CT molecular complexity index is 984. The van der Waals surface area contributed by atoms with Crippen molar-refractivity contribution in [1.29, 1.82) is 0 Å². The number of carbonyl (C=O) groups is 1. The summed E-state index contributed by atoms with van der Waals surface area (Å²) in [5.41, 5.74) is 2.62. The first-order chi connectivity index (χ1) is 13.9. The molecular weight excluding hydrogens is 382 g/mol. The number of hydrogen-bond acceptors (Lipinski definition) is 4. The van der Waals surface area contributed by atoms with Gasteiger partial charge in [0.2, 0.25) is 0 Å². The minimum atomic E-state index is -0.257. The standard InChI is InChI=1S/C22H29N5OS/c1-6-16(5)29-17-10-11-18(15(4)13-17)23-22(28)24-20(14(2)3)21-26-25-19-9-7-8-12-27(19)21/h7-14,16,20H,6H2,1-5H3,(H2,23,24,28). The van der Waals surface area contributed by atoms with E-state index in [4.69, 9.17) is 0 Å². The first-order valence-corrected chi connectivity index (χ1v) is 10.9. The Morgan fingerprint density at radius 3 is 2.66 bits per heavy atom. The Hall–Kier alpha value is -2.54. The highest BCUT2D eigenvalue weighted by Gasteiger charge is 2.23. The average molecular weight is 412 g/mol. The molecule has 0 aliphatic carbocycles. The predicted molar refractivity (Wildman–Crippen MR) is 120 cm³/mol. The lowest BCUT2D eigenvalue weighted by Gasteiger charge is -2.21. The van der Waals surface area contributed by atoms with Gasteiger partial charge in [-0.1, -0.05) is 33.8 Å². The van der Waals surface area contributed by atoms with E-state index in [-0.39, 0.29) is 18.0 Å². The van der Waals surface area contributed by atoms with Gasteiger partial charge in [0.15, 0.2) is 11.5 Å². The lowest BCUT2D eigenvalue weighted by Crippen LogP contribution is -2.36. The molecule has 1 aromatic carbocycles. The highest BCUT2D eigenvalue weighted by Crippen LogP contribution is 2.28. The van der Waals surface area contributed by atoms with Crippen molar-refractivity contribution < 1.29 is 4.79 Å². The van der Waals surface area contributed by atoms with E-state index >= 15 is 0 Å². The molecule has 2 atom stereocenters. The largest absolute Gasteiger partial charge is 0.328 e.